The molecule has 0 spiro atoms. The van der Waals surface area contributed by atoms with Crippen LogP contribution in [0.1, 0.15) is 52.9 Å². The molecule has 0 aromatic rings. The zero-order chi connectivity index (χ0) is 11.7. The van der Waals surface area contributed by atoms with Crippen molar-refractivity contribution < 1.29 is 9.53 Å². The number of rotatable bonds is 3. The number of ketones is 1. The summed E-state index contributed by atoms with van der Waals surface area (Å²) < 4.78 is 5.75. The minimum Gasteiger partial charge on any atom is -0.375 e. The van der Waals surface area contributed by atoms with Crippen LogP contribution in [0, 0.1) is 17.8 Å². The molecule has 2 aliphatic rings. The number of hydrogen-bond acceptors (Lipinski definition) is 2. The first kappa shape index (κ1) is 12.1. The van der Waals surface area contributed by atoms with Crippen LogP contribution in [0.3, 0.4) is 0 Å². The molecule has 0 bridgehead atoms. The van der Waals surface area contributed by atoms with Crippen LogP contribution in [-0.2, 0) is 9.53 Å². The zero-order valence-corrected chi connectivity index (χ0v) is 10.7. The highest BCUT2D eigenvalue weighted by Gasteiger charge is 2.41. The smallest absolute Gasteiger partial charge is 0.139 e. The van der Waals surface area contributed by atoms with E-state index in [4.69, 9.17) is 4.74 Å². The van der Waals surface area contributed by atoms with Crippen molar-refractivity contribution in [3.63, 3.8) is 0 Å². The molecule has 0 radical (unpaired) electrons. The van der Waals surface area contributed by atoms with E-state index in [1.165, 1.54) is 25.7 Å². The van der Waals surface area contributed by atoms with Crippen molar-refractivity contribution in [3.05, 3.63) is 0 Å². The lowest BCUT2D eigenvalue weighted by Crippen LogP contribution is -2.28. The van der Waals surface area contributed by atoms with Gasteiger partial charge in [-0.15, -0.1) is 0 Å². The van der Waals surface area contributed by atoms with E-state index in [9.17, 15) is 4.79 Å². The largest absolute Gasteiger partial charge is 0.375 e. The molecule has 2 heteroatoms. The van der Waals surface area contributed by atoms with Crippen LogP contribution in [-0.4, -0.2) is 18.0 Å². The normalized spacial score (nSPS) is 40.4. The maximum atomic E-state index is 12.3. The van der Waals surface area contributed by atoms with E-state index in [2.05, 4.69) is 20.8 Å². The Labute approximate surface area is 98.7 Å². The molecule has 0 aromatic heterocycles. The predicted molar refractivity (Wildman–Crippen MR) is 64.2 cm³/mol. The van der Waals surface area contributed by atoms with Crippen LogP contribution in [0.25, 0.3) is 0 Å². The van der Waals surface area contributed by atoms with Crippen LogP contribution < -0.4 is 0 Å². The Morgan fingerprint density at radius 3 is 2.25 bits per heavy atom. The lowest BCUT2D eigenvalue weighted by Gasteiger charge is -2.19. The third-order valence-corrected chi connectivity index (χ3v) is 4.58. The fraction of sp³-hybridized carbons (Fsp3) is 0.929. The summed E-state index contributed by atoms with van der Waals surface area (Å²) in [5.41, 5.74) is 0. The molecule has 2 nitrogen and oxygen atoms in total. The fourth-order valence-electron chi connectivity index (χ4n) is 3.46. The molecule has 92 valence electrons. The minimum absolute atomic E-state index is 0.124. The standard InChI is InChI=1S/C14H24O2/c1-9-10(2)16-11(3)14(9)13(15)8-12-6-4-5-7-12/h9-12,14H,4-8H2,1-3H3. The second kappa shape index (κ2) is 4.87. The predicted octanol–water partition coefficient (Wildman–Crippen LogP) is 3.20. The maximum absolute atomic E-state index is 12.3. The fourth-order valence-corrected chi connectivity index (χ4v) is 3.46. The van der Waals surface area contributed by atoms with E-state index < -0.39 is 0 Å². The Morgan fingerprint density at radius 1 is 1.12 bits per heavy atom. The van der Waals surface area contributed by atoms with Crippen molar-refractivity contribution in [1.82, 2.24) is 0 Å². The maximum Gasteiger partial charge on any atom is 0.139 e. The molecule has 16 heavy (non-hydrogen) atoms. The summed E-state index contributed by atoms with van der Waals surface area (Å²) in [5.74, 6) is 1.67. The van der Waals surface area contributed by atoms with E-state index >= 15 is 0 Å². The average molecular weight is 224 g/mol. The van der Waals surface area contributed by atoms with E-state index in [1.807, 2.05) is 0 Å². The average Bonchev–Trinajstić information content (AvgIpc) is 2.77. The molecule has 4 unspecified atom stereocenters. The zero-order valence-electron chi connectivity index (χ0n) is 10.7. The Hall–Kier alpha value is -0.370. The lowest BCUT2D eigenvalue weighted by atomic mass is 9.82. The molecule has 2 rings (SSSR count). The van der Waals surface area contributed by atoms with E-state index in [1.54, 1.807) is 0 Å². The molecular weight excluding hydrogens is 200 g/mol. The molecule has 0 N–H and O–H groups in total. The lowest BCUT2D eigenvalue weighted by molar-refractivity contribution is -0.125. The second-order valence-corrected chi connectivity index (χ2v) is 5.75. The Morgan fingerprint density at radius 2 is 1.75 bits per heavy atom. The summed E-state index contributed by atoms with van der Waals surface area (Å²) in [5, 5.41) is 0. The highest BCUT2D eigenvalue weighted by Crippen LogP contribution is 2.36. The Balaban J connectivity index is 1.93. The topological polar surface area (TPSA) is 26.3 Å². The molecular formula is C14H24O2. The van der Waals surface area contributed by atoms with Crippen LogP contribution in [0.5, 0.6) is 0 Å². The summed E-state index contributed by atoms with van der Waals surface area (Å²) in [6.45, 7) is 6.30. The van der Waals surface area contributed by atoms with Gasteiger partial charge in [-0.25, -0.2) is 0 Å². The van der Waals surface area contributed by atoms with Gasteiger partial charge >= 0.3 is 0 Å². The summed E-state index contributed by atoms with van der Waals surface area (Å²) in [6, 6.07) is 0. The summed E-state index contributed by atoms with van der Waals surface area (Å²) >= 11 is 0. The van der Waals surface area contributed by atoms with Gasteiger partial charge in [0.25, 0.3) is 0 Å². The third kappa shape index (κ3) is 2.32. The molecule has 1 saturated carbocycles. The van der Waals surface area contributed by atoms with Gasteiger partial charge in [0.15, 0.2) is 0 Å². The number of Topliss-reactive ketones (excluding diaryl/α,β-unsaturated/α-hetero) is 1. The first-order valence-electron chi connectivity index (χ1n) is 6.77. The van der Waals surface area contributed by atoms with Gasteiger partial charge < -0.3 is 4.74 Å². The number of carbonyl (C=O) groups is 1. The minimum atomic E-state index is 0.124. The Bertz CT molecular complexity index is 255. The summed E-state index contributed by atoms with van der Waals surface area (Å²) in [7, 11) is 0. The molecule has 0 aromatic carbocycles. The quantitative estimate of drug-likeness (QED) is 0.736. The van der Waals surface area contributed by atoms with Gasteiger partial charge in [0.05, 0.1) is 12.2 Å². The van der Waals surface area contributed by atoms with Gasteiger partial charge in [0.2, 0.25) is 0 Å². The second-order valence-electron chi connectivity index (χ2n) is 5.75. The molecule has 1 saturated heterocycles. The van der Waals surface area contributed by atoms with Crippen LogP contribution in [0.15, 0.2) is 0 Å². The van der Waals surface area contributed by atoms with Crippen LogP contribution >= 0.6 is 0 Å². The Kier molecular flexibility index (Phi) is 3.68. The van der Waals surface area contributed by atoms with Gasteiger partial charge in [-0.2, -0.15) is 0 Å². The highest BCUT2D eigenvalue weighted by molar-refractivity contribution is 5.82. The molecule has 1 aliphatic carbocycles. The molecule has 1 aliphatic heterocycles. The molecule has 1 heterocycles. The van der Waals surface area contributed by atoms with Gasteiger partial charge in [-0.3, -0.25) is 4.79 Å². The van der Waals surface area contributed by atoms with Crippen LogP contribution in [0.2, 0.25) is 0 Å². The van der Waals surface area contributed by atoms with Gasteiger partial charge in [0.1, 0.15) is 5.78 Å². The summed E-state index contributed by atoms with van der Waals surface area (Å²) in [4.78, 5) is 12.3. The van der Waals surface area contributed by atoms with Crippen molar-refractivity contribution >= 4 is 5.78 Å². The molecule has 0 amide bonds. The van der Waals surface area contributed by atoms with Gasteiger partial charge in [0, 0.05) is 12.3 Å². The first-order chi connectivity index (χ1) is 7.59. The summed E-state index contributed by atoms with van der Waals surface area (Å²) in [6.07, 6.45) is 6.33. The van der Waals surface area contributed by atoms with E-state index in [0.717, 1.165) is 6.42 Å². The van der Waals surface area contributed by atoms with Crippen LogP contribution in [0.4, 0.5) is 0 Å². The van der Waals surface area contributed by atoms with Crippen molar-refractivity contribution in [2.24, 2.45) is 17.8 Å². The number of ether oxygens (including phenoxy) is 1. The van der Waals surface area contributed by atoms with Crippen molar-refractivity contribution in [1.29, 1.82) is 0 Å². The van der Waals surface area contributed by atoms with Crippen molar-refractivity contribution in [2.75, 3.05) is 0 Å². The van der Waals surface area contributed by atoms with Gasteiger partial charge in [-0.1, -0.05) is 32.6 Å². The number of carbonyl (C=O) groups excluding carboxylic acids is 1. The molecule has 2 fully saturated rings. The SMILES string of the molecule is CC1OC(C)C(C(=O)CC2CCCC2)C1C. The van der Waals surface area contributed by atoms with E-state index in [-0.39, 0.29) is 18.1 Å². The third-order valence-electron chi connectivity index (χ3n) is 4.58. The molecule has 4 atom stereocenters. The monoisotopic (exact) mass is 224 g/mol. The van der Waals surface area contributed by atoms with E-state index in [0.29, 0.717) is 17.6 Å². The van der Waals surface area contributed by atoms with Crippen molar-refractivity contribution in [3.8, 4) is 0 Å². The highest BCUT2D eigenvalue weighted by atomic mass is 16.5. The first-order valence-corrected chi connectivity index (χ1v) is 6.77. The van der Waals surface area contributed by atoms with Crippen molar-refractivity contribution in [2.45, 2.75) is 65.1 Å². The van der Waals surface area contributed by atoms with Gasteiger partial charge in [-0.05, 0) is 25.7 Å². The number of hydrogen-bond donors (Lipinski definition) is 0.